The van der Waals surface area contributed by atoms with E-state index in [-0.39, 0.29) is 24.2 Å². The molecule has 5 fully saturated rings. The van der Waals surface area contributed by atoms with Crippen LogP contribution in [0.15, 0.2) is 11.6 Å². The standard InChI is InChI=1S/C25H33F5O4/c1-18(2)13-32-21(33-14-18)10-11-22-17-5-7-19(3)16(15(17)4-8-20(22,12-21)34-22)6-9-23(19,31)24(26,27)25(28,29)30/h5,15-16,31H,4,6-14H2,1-3H3/t15?,16-,19?,20+,22+,23-/m0/s1. The van der Waals surface area contributed by atoms with Crippen LogP contribution in [0.1, 0.15) is 72.1 Å². The highest BCUT2D eigenvalue weighted by Crippen LogP contribution is 2.75. The molecule has 0 amide bonds. The summed E-state index contributed by atoms with van der Waals surface area (Å²) in [5.41, 5.74) is -4.60. The number of aliphatic hydroxyl groups is 1. The fourth-order valence-electron chi connectivity index (χ4n) is 8.34. The van der Waals surface area contributed by atoms with Gasteiger partial charge in [0.2, 0.25) is 0 Å². The van der Waals surface area contributed by atoms with Crippen molar-refractivity contribution in [3.63, 3.8) is 0 Å². The molecule has 2 heterocycles. The van der Waals surface area contributed by atoms with Crippen LogP contribution in [-0.2, 0) is 14.2 Å². The zero-order chi connectivity index (χ0) is 24.6. The summed E-state index contributed by atoms with van der Waals surface area (Å²) in [5, 5.41) is 10.9. The molecule has 6 aliphatic rings. The van der Waals surface area contributed by atoms with E-state index < -0.39 is 52.4 Å². The van der Waals surface area contributed by atoms with Gasteiger partial charge in [0, 0.05) is 23.7 Å². The second-order valence-electron chi connectivity index (χ2n) is 12.8. The van der Waals surface area contributed by atoms with Gasteiger partial charge in [0.15, 0.2) is 5.79 Å². The smallest absolute Gasteiger partial charge is 0.383 e. The minimum Gasteiger partial charge on any atom is -0.383 e. The number of alkyl halides is 5. The monoisotopic (exact) mass is 492 g/mol. The van der Waals surface area contributed by atoms with Crippen molar-refractivity contribution >= 4 is 0 Å². The van der Waals surface area contributed by atoms with E-state index in [0.717, 1.165) is 5.57 Å². The van der Waals surface area contributed by atoms with Crippen LogP contribution in [0, 0.1) is 22.7 Å². The zero-order valence-corrected chi connectivity index (χ0v) is 19.9. The molecule has 1 N–H and O–H groups in total. The predicted molar refractivity (Wildman–Crippen MR) is 111 cm³/mol. The SMILES string of the molecule is CC1(C)COC2(CC[C@]34O[C@]3(CCC3C4=CCC4(C)[C@H]3CC[C@@]4(O)C(F)(F)C(F)(F)F)C2)OC1. The number of hydrogen-bond donors (Lipinski definition) is 1. The van der Waals surface area contributed by atoms with Crippen molar-refractivity contribution in [3.8, 4) is 0 Å². The topological polar surface area (TPSA) is 51.2 Å². The molecule has 2 saturated heterocycles. The quantitative estimate of drug-likeness (QED) is 0.297. The molecule has 0 aromatic rings. The summed E-state index contributed by atoms with van der Waals surface area (Å²) in [7, 11) is 0. The maximum atomic E-state index is 14.6. The van der Waals surface area contributed by atoms with Crippen LogP contribution in [-0.4, -0.2) is 53.0 Å². The average molecular weight is 493 g/mol. The van der Waals surface area contributed by atoms with Gasteiger partial charge in [-0.15, -0.1) is 0 Å². The lowest BCUT2D eigenvalue weighted by molar-refractivity contribution is -0.361. The molecular formula is C25H33F5O4. The molecule has 0 radical (unpaired) electrons. The first kappa shape index (κ1) is 23.6. The Hall–Kier alpha value is -0.770. The summed E-state index contributed by atoms with van der Waals surface area (Å²) in [6.45, 7) is 6.83. The Kier molecular flexibility index (Phi) is 4.43. The van der Waals surface area contributed by atoms with Gasteiger partial charge in [-0.25, -0.2) is 0 Å². The van der Waals surface area contributed by atoms with E-state index in [1.165, 1.54) is 6.92 Å². The molecule has 0 bridgehead atoms. The number of allylic oxidation sites excluding steroid dienone is 1. The van der Waals surface area contributed by atoms with Crippen LogP contribution in [0.2, 0.25) is 0 Å². The molecule has 4 nitrogen and oxygen atoms in total. The van der Waals surface area contributed by atoms with E-state index in [0.29, 0.717) is 45.3 Å². The Morgan fingerprint density at radius 2 is 1.62 bits per heavy atom. The molecule has 34 heavy (non-hydrogen) atoms. The third-order valence-corrected chi connectivity index (χ3v) is 10.3. The van der Waals surface area contributed by atoms with Gasteiger partial charge in [0.05, 0.1) is 13.2 Å². The molecule has 0 aromatic heterocycles. The summed E-state index contributed by atoms with van der Waals surface area (Å²) >= 11 is 0. The van der Waals surface area contributed by atoms with E-state index in [9.17, 15) is 27.1 Å². The minimum absolute atomic E-state index is 0.0147. The Morgan fingerprint density at radius 1 is 0.941 bits per heavy atom. The largest absolute Gasteiger partial charge is 0.456 e. The first-order chi connectivity index (χ1) is 15.6. The normalized spacial score (nSPS) is 48.9. The van der Waals surface area contributed by atoms with E-state index in [1.807, 2.05) is 6.08 Å². The van der Waals surface area contributed by atoms with Gasteiger partial charge in [-0.2, -0.15) is 22.0 Å². The van der Waals surface area contributed by atoms with Crippen molar-refractivity contribution in [3.05, 3.63) is 11.6 Å². The van der Waals surface area contributed by atoms with Crippen molar-refractivity contribution in [2.24, 2.45) is 22.7 Å². The van der Waals surface area contributed by atoms with Crippen LogP contribution in [0.4, 0.5) is 22.0 Å². The van der Waals surface area contributed by atoms with Gasteiger partial charge >= 0.3 is 12.1 Å². The summed E-state index contributed by atoms with van der Waals surface area (Å²) in [6, 6.07) is 0. The molecule has 2 unspecified atom stereocenters. The summed E-state index contributed by atoms with van der Waals surface area (Å²) in [6.07, 6.45) is -1.11. The summed E-state index contributed by atoms with van der Waals surface area (Å²) < 4.78 is 88.2. The highest BCUT2D eigenvalue weighted by atomic mass is 19.4. The fraction of sp³-hybridized carbons (Fsp3) is 0.920. The first-order valence-electron chi connectivity index (χ1n) is 12.4. The van der Waals surface area contributed by atoms with E-state index in [2.05, 4.69) is 13.8 Å². The molecule has 192 valence electrons. The second kappa shape index (κ2) is 6.37. The maximum absolute atomic E-state index is 14.6. The zero-order valence-electron chi connectivity index (χ0n) is 19.9. The molecule has 1 spiro atoms. The van der Waals surface area contributed by atoms with Crippen molar-refractivity contribution in [2.45, 2.75) is 107 Å². The highest BCUT2D eigenvalue weighted by Gasteiger charge is 2.82. The van der Waals surface area contributed by atoms with Gasteiger partial charge in [-0.05, 0) is 55.9 Å². The van der Waals surface area contributed by atoms with Gasteiger partial charge in [-0.3, -0.25) is 0 Å². The van der Waals surface area contributed by atoms with Gasteiger partial charge in [0.1, 0.15) is 16.8 Å². The van der Waals surface area contributed by atoms with E-state index >= 15 is 0 Å². The lowest BCUT2D eigenvalue weighted by Crippen LogP contribution is -2.65. The number of hydrogen-bond acceptors (Lipinski definition) is 4. The molecule has 9 heteroatoms. The first-order valence-corrected chi connectivity index (χ1v) is 12.4. The Bertz CT molecular complexity index is 936. The van der Waals surface area contributed by atoms with Crippen LogP contribution in [0.25, 0.3) is 0 Å². The third-order valence-electron chi connectivity index (χ3n) is 10.3. The lowest BCUT2D eigenvalue weighted by Gasteiger charge is -2.54. The molecule has 6 atom stereocenters. The van der Waals surface area contributed by atoms with Crippen LogP contribution in [0.3, 0.4) is 0 Å². The van der Waals surface area contributed by atoms with Gasteiger partial charge in [-0.1, -0.05) is 26.8 Å². The van der Waals surface area contributed by atoms with Gasteiger partial charge < -0.3 is 19.3 Å². The second-order valence-corrected chi connectivity index (χ2v) is 12.8. The van der Waals surface area contributed by atoms with Crippen molar-refractivity contribution in [2.75, 3.05) is 13.2 Å². The minimum atomic E-state index is -5.80. The van der Waals surface area contributed by atoms with Crippen molar-refractivity contribution in [1.82, 2.24) is 0 Å². The Morgan fingerprint density at radius 3 is 2.26 bits per heavy atom. The molecule has 2 aliphatic heterocycles. The molecule has 6 rings (SSSR count). The Labute approximate surface area is 196 Å². The van der Waals surface area contributed by atoms with Crippen molar-refractivity contribution in [1.29, 1.82) is 0 Å². The number of rotatable bonds is 1. The predicted octanol–water partition coefficient (Wildman–Crippen LogP) is 5.53. The van der Waals surface area contributed by atoms with Crippen LogP contribution >= 0.6 is 0 Å². The molecule has 3 saturated carbocycles. The number of fused-ring (bicyclic) bond motifs is 3. The Balaban J connectivity index is 1.29. The highest BCUT2D eigenvalue weighted by molar-refractivity contribution is 5.44. The number of halogens is 5. The number of epoxide rings is 1. The van der Waals surface area contributed by atoms with Crippen LogP contribution < -0.4 is 0 Å². The van der Waals surface area contributed by atoms with Crippen molar-refractivity contribution < 1.29 is 41.3 Å². The van der Waals surface area contributed by atoms with Gasteiger partial charge in [0.25, 0.3) is 0 Å². The van der Waals surface area contributed by atoms with E-state index in [1.54, 1.807) is 0 Å². The average Bonchev–Trinajstić information content (AvgIpc) is 3.35. The lowest BCUT2D eigenvalue weighted by atomic mass is 9.52. The number of ether oxygens (including phenoxy) is 3. The van der Waals surface area contributed by atoms with E-state index in [4.69, 9.17) is 14.2 Å². The van der Waals surface area contributed by atoms with Crippen LogP contribution in [0.5, 0.6) is 0 Å². The maximum Gasteiger partial charge on any atom is 0.456 e. The molecule has 0 aromatic carbocycles. The third kappa shape index (κ3) is 2.63. The summed E-state index contributed by atoms with van der Waals surface area (Å²) in [4.78, 5) is 0. The summed E-state index contributed by atoms with van der Waals surface area (Å²) in [5.74, 6) is -6.44. The fourth-order valence-corrected chi connectivity index (χ4v) is 8.34. The molecular weight excluding hydrogens is 459 g/mol. The molecule has 4 aliphatic carbocycles.